The van der Waals surface area contributed by atoms with Crippen molar-refractivity contribution in [2.24, 2.45) is 0 Å². The van der Waals surface area contributed by atoms with Gasteiger partial charge in [-0.2, -0.15) is 0 Å². The zero-order chi connectivity index (χ0) is 11.5. The highest BCUT2D eigenvalue weighted by Crippen LogP contribution is 2.02. The zero-order valence-corrected chi connectivity index (χ0v) is 11.2. The molecule has 0 rings (SSSR count). The van der Waals surface area contributed by atoms with E-state index < -0.39 is 9.28 Å². The summed E-state index contributed by atoms with van der Waals surface area (Å²) >= 11 is 0. The molecule has 0 aliphatic rings. The summed E-state index contributed by atoms with van der Waals surface area (Å²) in [6.07, 6.45) is 1.00. The van der Waals surface area contributed by atoms with Gasteiger partial charge in [-0.05, 0) is 33.2 Å². The van der Waals surface area contributed by atoms with Crippen molar-refractivity contribution in [1.29, 1.82) is 0 Å². The van der Waals surface area contributed by atoms with Crippen LogP contribution in [-0.4, -0.2) is 35.7 Å². The second-order valence-electron chi connectivity index (χ2n) is 3.35. The molecule has 0 saturated heterocycles. The van der Waals surface area contributed by atoms with Gasteiger partial charge in [-0.15, -0.1) is 0 Å². The standard InChI is InChI=1S/C11H23O3Si/c1-5-13-15(14-6-2)9-7-8-12-10-11(3)4/h3,5-10H2,1-2,4H3. The van der Waals surface area contributed by atoms with Crippen LogP contribution in [0.5, 0.6) is 0 Å². The van der Waals surface area contributed by atoms with Crippen LogP contribution in [0.15, 0.2) is 12.2 Å². The van der Waals surface area contributed by atoms with Crippen LogP contribution in [0.4, 0.5) is 0 Å². The fourth-order valence-corrected chi connectivity index (χ4v) is 2.52. The molecule has 0 saturated carbocycles. The minimum atomic E-state index is -1.05. The minimum Gasteiger partial charge on any atom is -0.394 e. The third-order valence-electron chi connectivity index (χ3n) is 1.63. The summed E-state index contributed by atoms with van der Waals surface area (Å²) in [4.78, 5) is 0. The van der Waals surface area contributed by atoms with Gasteiger partial charge in [-0.25, -0.2) is 0 Å². The third-order valence-corrected chi connectivity index (χ3v) is 3.61. The molecular weight excluding hydrogens is 208 g/mol. The van der Waals surface area contributed by atoms with E-state index in [2.05, 4.69) is 6.58 Å². The number of rotatable bonds is 10. The fourth-order valence-electron chi connectivity index (χ4n) is 1.07. The fraction of sp³-hybridized carbons (Fsp3) is 0.818. The van der Waals surface area contributed by atoms with Gasteiger partial charge in [0.2, 0.25) is 0 Å². The smallest absolute Gasteiger partial charge is 0.384 e. The summed E-state index contributed by atoms with van der Waals surface area (Å²) in [7, 11) is -1.05. The van der Waals surface area contributed by atoms with Gasteiger partial charge in [0.1, 0.15) is 0 Å². The first kappa shape index (κ1) is 14.8. The first-order valence-electron chi connectivity index (χ1n) is 5.54. The van der Waals surface area contributed by atoms with Crippen molar-refractivity contribution in [2.75, 3.05) is 26.4 Å². The Balaban J connectivity index is 3.39. The van der Waals surface area contributed by atoms with Crippen molar-refractivity contribution in [3.63, 3.8) is 0 Å². The molecule has 0 bridgehead atoms. The summed E-state index contributed by atoms with van der Waals surface area (Å²) in [5.41, 5.74) is 1.06. The lowest BCUT2D eigenvalue weighted by molar-refractivity contribution is 0.151. The molecule has 15 heavy (non-hydrogen) atoms. The summed E-state index contributed by atoms with van der Waals surface area (Å²) in [5.74, 6) is 0. The molecule has 0 amide bonds. The van der Waals surface area contributed by atoms with E-state index in [9.17, 15) is 0 Å². The van der Waals surface area contributed by atoms with Crippen molar-refractivity contribution in [3.8, 4) is 0 Å². The van der Waals surface area contributed by atoms with Gasteiger partial charge in [0.15, 0.2) is 0 Å². The van der Waals surface area contributed by atoms with Crippen LogP contribution >= 0.6 is 0 Å². The molecule has 4 heteroatoms. The molecule has 3 nitrogen and oxygen atoms in total. The van der Waals surface area contributed by atoms with Gasteiger partial charge in [-0.1, -0.05) is 12.2 Å². The van der Waals surface area contributed by atoms with Crippen LogP contribution in [0.3, 0.4) is 0 Å². The SMILES string of the molecule is C=C(C)COCCC[Si](OCC)OCC. The van der Waals surface area contributed by atoms with Crippen LogP contribution in [0.25, 0.3) is 0 Å². The topological polar surface area (TPSA) is 27.7 Å². The van der Waals surface area contributed by atoms with Crippen molar-refractivity contribution in [1.82, 2.24) is 0 Å². The lowest BCUT2D eigenvalue weighted by Gasteiger charge is -2.12. The van der Waals surface area contributed by atoms with Gasteiger partial charge in [-0.3, -0.25) is 0 Å². The second-order valence-corrected chi connectivity index (χ2v) is 5.17. The largest absolute Gasteiger partial charge is 0.394 e. The van der Waals surface area contributed by atoms with E-state index >= 15 is 0 Å². The number of hydrogen-bond acceptors (Lipinski definition) is 3. The summed E-state index contributed by atoms with van der Waals surface area (Å²) in [5, 5.41) is 0. The van der Waals surface area contributed by atoms with Crippen molar-refractivity contribution in [3.05, 3.63) is 12.2 Å². The number of hydrogen-bond donors (Lipinski definition) is 0. The molecule has 0 aromatic carbocycles. The molecule has 0 heterocycles. The highest BCUT2D eigenvalue weighted by Gasteiger charge is 2.13. The van der Waals surface area contributed by atoms with E-state index in [1.165, 1.54) is 0 Å². The molecule has 0 aromatic rings. The summed E-state index contributed by atoms with van der Waals surface area (Å²) in [6, 6.07) is 0.989. The molecule has 89 valence electrons. The molecule has 0 fully saturated rings. The normalized spacial score (nSPS) is 10.9. The quantitative estimate of drug-likeness (QED) is 0.328. The molecule has 0 spiro atoms. The predicted molar refractivity (Wildman–Crippen MR) is 64.1 cm³/mol. The molecule has 0 aromatic heterocycles. The first-order valence-corrected chi connectivity index (χ1v) is 7.06. The lowest BCUT2D eigenvalue weighted by atomic mass is 10.4. The van der Waals surface area contributed by atoms with Gasteiger partial charge in [0.25, 0.3) is 0 Å². The molecule has 0 N–H and O–H groups in total. The average molecular weight is 231 g/mol. The average Bonchev–Trinajstić information content (AvgIpc) is 2.17. The van der Waals surface area contributed by atoms with Gasteiger partial charge in [0.05, 0.1) is 6.61 Å². The molecule has 0 unspecified atom stereocenters. The monoisotopic (exact) mass is 231 g/mol. The Bertz CT molecular complexity index is 156. The van der Waals surface area contributed by atoms with E-state index in [1.54, 1.807) is 0 Å². The minimum absolute atomic E-state index is 0.658. The third kappa shape index (κ3) is 10.1. The maximum atomic E-state index is 5.52. The van der Waals surface area contributed by atoms with E-state index in [0.717, 1.165) is 37.9 Å². The van der Waals surface area contributed by atoms with Crippen LogP contribution in [0, 0.1) is 0 Å². The predicted octanol–water partition coefficient (Wildman–Crippen LogP) is 2.53. The van der Waals surface area contributed by atoms with Crippen molar-refractivity contribution >= 4 is 9.28 Å². The Morgan fingerprint density at radius 1 is 1.20 bits per heavy atom. The molecule has 0 atom stereocenters. The van der Waals surface area contributed by atoms with Gasteiger partial charge < -0.3 is 13.6 Å². The summed E-state index contributed by atoms with van der Waals surface area (Å²) in [6.45, 7) is 12.6. The highest BCUT2D eigenvalue weighted by atomic mass is 28.3. The maximum Gasteiger partial charge on any atom is 0.384 e. The molecule has 0 aliphatic heterocycles. The maximum absolute atomic E-state index is 5.52. The summed E-state index contributed by atoms with van der Waals surface area (Å²) < 4.78 is 16.4. The van der Waals surface area contributed by atoms with Crippen molar-refractivity contribution in [2.45, 2.75) is 33.2 Å². The Kier molecular flexibility index (Phi) is 10.2. The Morgan fingerprint density at radius 3 is 2.27 bits per heavy atom. The number of ether oxygens (including phenoxy) is 1. The Morgan fingerprint density at radius 2 is 1.80 bits per heavy atom. The van der Waals surface area contributed by atoms with Crippen LogP contribution in [0.2, 0.25) is 6.04 Å². The van der Waals surface area contributed by atoms with E-state index in [4.69, 9.17) is 13.6 Å². The molecule has 0 aliphatic carbocycles. The van der Waals surface area contributed by atoms with Crippen LogP contribution in [0.1, 0.15) is 27.2 Å². The second kappa shape index (κ2) is 10.4. The highest BCUT2D eigenvalue weighted by molar-refractivity contribution is 6.44. The van der Waals surface area contributed by atoms with Gasteiger partial charge in [0, 0.05) is 19.8 Å². The van der Waals surface area contributed by atoms with Crippen molar-refractivity contribution < 1.29 is 13.6 Å². The van der Waals surface area contributed by atoms with E-state index in [-0.39, 0.29) is 0 Å². The van der Waals surface area contributed by atoms with Crippen LogP contribution in [-0.2, 0) is 13.6 Å². The molecular formula is C11H23O3Si. The Hall–Kier alpha value is -0.163. The van der Waals surface area contributed by atoms with E-state index in [1.807, 2.05) is 20.8 Å². The van der Waals surface area contributed by atoms with E-state index in [0.29, 0.717) is 6.61 Å². The first-order chi connectivity index (χ1) is 7.20. The zero-order valence-electron chi connectivity index (χ0n) is 10.2. The van der Waals surface area contributed by atoms with Gasteiger partial charge >= 0.3 is 9.28 Å². The Labute approximate surface area is 95.3 Å². The lowest BCUT2D eigenvalue weighted by Crippen LogP contribution is -2.23. The molecule has 1 radical (unpaired) electrons. The van der Waals surface area contributed by atoms with Crippen LogP contribution < -0.4 is 0 Å².